The van der Waals surface area contributed by atoms with Gasteiger partial charge in [0.2, 0.25) is 0 Å². The highest BCUT2D eigenvalue weighted by molar-refractivity contribution is 5.85. The average molecular weight is 536 g/mol. The number of nitrogens with zero attached hydrogens (tertiary/aromatic N) is 1. The summed E-state index contributed by atoms with van der Waals surface area (Å²) in [5.41, 5.74) is 0.215. The monoisotopic (exact) mass is 535 g/mol. The zero-order valence-electron chi connectivity index (χ0n) is 22.9. The second-order valence-electron chi connectivity index (χ2n) is 13.5. The Balaban J connectivity index is 1.19. The smallest absolute Gasteiger partial charge is 0.331 e. The van der Waals surface area contributed by atoms with Crippen molar-refractivity contribution >= 4 is 5.97 Å². The molecule has 2 aliphatic heterocycles. The van der Waals surface area contributed by atoms with Gasteiger partial charge in [-0.3, -0.25) is 4.84 Å². The third kappa shape index (κ3) is 3.80. The highest BCUT2D eigenvalue weighted by atomic mass is 16.7. The molecule has 4 N–H and O–H groups in total. The number of hydroxylamine groups is 2. The van der Waals surface area contributed by atoms with Crippen LogP contribution in [0.4, 0.5) is 0 Å². The molecule has 9 nitrogen and oxygen atoms in total. The van der Waals surface area contributed by atoms with E-state index < -0.39 is 30.1 Å². The maximum Gasteiger partial charge on any atom is 0.331 e. The summed E-state index contributed by atoms with van der Waals surface area (Å²) in [4.78, 5) is 17.5. The Kier molecular flexibility index (Phi) is 6.78. The lowest BCUT2D eigenvalue weighted by Crippen LogP contribution is -2.64. The van der Waals surface area contributed by atoms with Gasteiger partial charge in [0.05, 0.1) is 19.3 Å². The van der Waals surface area contributed by atoms with Crippen molar-refractivity contribution in [1.82, 2.24) is 5.06 Å². The Morgan fingerprint density at radius 2 is 1.79 bits per heavy atom. The minimum Gasteiger partial charge on any atom is -0.458 e. The van der Waals surface area contributed by atoms with Gasteiger partial charge in [0.1, 0.15) is 24.9 Å². The van der Waals surface area contributed by atoms with Crippen LogP contribution in [0.15, 0.2) is 11.6 Å². The van der Waals surface area contributed by atoms with Crippen LogP contribution < -0.4 is 0 Å². The molecule has 0 radical (unpaired) electrons. The Morgan fingerprint density at radius 1 is 1.00 bits per heavy atom. The Bertz CT molecular complexity index is 974. The lowest BCUT2D eigenvalue weighted by Gasteiger charge is -2.64. The fourth-order valence-electron chi connectivity index (χ4n) is 10.1. The van der Waals surface area contributed by atoms with Crippen LogP contribution in [-0.2, 0) is 19.1 Å². The number of hydrogen-bond acceptors (Lipinski definition) is 9. The van der Waals surface area contributed by atoms with Gasteiger partial charge in [-0.05, 0) is 92.4 Å². The SMILES string of the molecule is CON([C@H]1CC[C@@]2(C)[C@H](CC[C@@H]3[C@@H]2CC[C@]2(C)[C@@H](C4=CC(=O)OC4)CC[C@]32O)C1)[C@H]1OC[C@H](O)[C@@H](O)[C@@H]1O. The molecule has 0 unspecified atom stereocenters. The number of carbonyl (C=O) groups excluding carboxylic acids is 1. The molecule has 4 saturated carbocycles. The summed E-state index contributed by atoms with van der Waals surface area (Å²) in [6.45, 7) is 5.01. The van der Waals surface area contributed by atoms with E-state index in [1.54, 1.807) is 18.2 Å². The van der Waals surface area contributed by atoms with Gasteiger partial charge in [0, 0.05) is 17.5 Å². The number of carbonyl (C=O) groups is 1. The summed E-state index contributed by atoms with van der Waals surface area (Å²) in [6.07, 6.45) is 5.76. The molecule has 0 amide bonds. The van der Waals surface area contributed by atoms with Crippen molar-refractivity contribution < 1.29 is 39.5 Å². The van der Waals surface area contributed by atoms with Crippen LogP contribution in [0.2, 0.25) is 0 Å². The van der Waals surface area contributed by atoms with Gasteiger partial charge >= 0.3 is 5.97 Å². The zero-order chi connectivity index (χ0) is 27.0. The van der Waals surface area contributed by atoms with Gasteiger partial charge in [-0.15, -0.1) is 0 Å². The van der Waals surface area contributed by atoms with Gasteiger partial charge in [-0.2, -0.15) is 5.06 Å². The lowest BCUT2D eigenvalue weighted by molar-refractivity contribution is -0.326. The molecule has 38 heavy (non-hydrogen) atoms. The number of fused-ring (bicyclic) bond motifs is 5. The standard InChI is InChI=1S/C29H45NO8/c1-27-9-6-18(30(36-3)26-25(34)24(33)22(31)15-38-26)13-17(27)4-5-21-20(27)7-10-28(2)19(8-11-29(21,28)35)16-12-23(32)37-14-16/h12,17-22,24-26,31,33-35H,4-11,13-15H2,1-3H3/t17-,18+,19-,20+,21-,22+,24-,25+,26+,27+,28-,29+/m1/s1. The summed E-state index contributed by atoms with van der Waals surface area (Å²) >= 11 is 0. The van der Waals surface area contributed by atoms with Crippen molar-refractivity contribution in [3.8, 4) is 0 Å². The molecule has 0 aromatic heterocycles. The fraction of sp³-hybridized carbons (Fsp3) is 0.897. The molecule has 9 heteroatoms. The largest absolute Gasteiger partial charge is 0.458 e. The van der Waals surface area contributed by atoms with Crippen LogP contribution in [0, 0.1) is 34.5 Å². The summed E-state index contributed by atoms with van der Waals surface area (Å²) in [6, 6.07) is 0.0383. The van der Waals surface area contributed by atoms with E-state index in [4.69, 9.17) is 14.3 Å². The number of rotatable bonds is 4. The van der Waals surface area contributed by atoms with E-state index in [0.717, 1.165) is 63.4 Å². The van der Waals surface area contributed by atoms with Crippen LogP contribution in [-0.4, -0.2) is 88.0 Å². The van der Waals surface area contributed by atoms with Crippen LogP contribution in [0.5, 0.6) is 0 Å². The Labute approximate surface area is 225 Å². The van der Waals surface area contributed by atoms with Gasteiger partial charge in [-0.25, -0.2) is 4.79 Å². The number of aliphatic hydroxyl groups is 4. The third-order valence-corrected chi connectivity index (χ3v) is 12.3. The molecular formula is C29H45NO8. The van der Waals surface area contributed by atoms with Crippen molar-refractivity contribution in [2.45, 2.75) is 108 Å². The summed E-state index contributed by atoms with van der Waals surface area (Å²) < 4.78 is 11.0. The van der Waals surface area contributed by atoms with Gasteiger partial charge in [0.25, 0.3) is 0 Å². The molecule has 0 bridgehead atoms. The second-order valence-corrected chi connectivity index (χ2v) is 13.5. The molecular weight excluding hydrogens is 490 g/mol. The van der Waals surface area contributed by atoms with Crippen LogP contribution >= 0.6 is 0 Å². The minimum atomic E-state index is -1.27. The summed E-state index contributed by atoms with van der Waals surface area (Å²) in [5.74, 6) is 1.11. The molecule has 214 valence electrons. The van der Waals surface area contributed by atoms with E-state index in [1.165, 1.54) is 0 Å². The number of cyclic esters (lactones) is 1. The van der Waals surface area contributed by atoms with E-state index in [1.807, 2.05) is 0 Å². The number of aliphatic hydroxyl groups excluding tert-OH is 3. The first-order chi connectivity index (χ1) is 18.0. The second kappa shape index (κ2) is 9.50. The molecule has 0 aromatic rings. The van der Waals surface area contributed by atoms with Crippen molar-refractivity contribution in [1.29, 1.82) is 0 Å². The molecule has 0 spiro atoms. The van der Waals surface area contributed by atoms with Crippen molar-refractivity contribution in [3.05, 3.63) is 11.6 Å². The normalized spacial score (nSPS) is 52.7. The summed E-state index contributed by atoms with van der Waals surface area (Å²) in [7, 11) is 1.57. The molecule has 6 aliphatic rings. The van der Waals surface area contributed by atoms with Crippen molar-refractivity contribution in [2.75, 3.05) is 20.3 Å². The first-order valence-corrected chi connectivity index (χ1v) is 14.6. The van der Waals surface area contributed by atoms with Crippen LogP contribution in [0.1, 0.15) is 71.6 Å². The average Bonchev–Trinajstić information content (AvgIpc) is 3.44. The molecule has 2 heterocycles. The number of esters is 1. The molecule has 1 saturated heterocycles. The minimum absolute atomic E-state index is 0.0383. The zero-order valence-corrected chi connectivity index (χ0v) is 22.9. The van der Waals surface area contributed by atoms with Gasteiger partial charge in [0.15, 0.2) is 6.23 Å². The van der Waals surface area contributed by atoms with Gasteiger partial charge < -0.3 is 29.9 Å². The van der Waals surface area contributed by atoms with Crippen molar-refractivity contribution in [3.63, 3.8) is 0 Å². The molecule has 12 atom stereocenters. The highest BCUT2D eigenvalue weighted by Gasteiger charge is 2.68. The predicted molar refractivity (Wildman–Crippen MR) is 136 cm³/mol. The van der Waals surface area contributed by atoms with Crippen molar-refractivity contribution in [2.24, 2.45) is 34.5 Å². The Morgan fingerprint density at radius 3 is 2.50 bits per heavy atom. The van der Waals surface area contributed by atoms with Crippen LogP contribution in [0.25, 0.3) is 0 Å². The van der Waals surface area contributed by atoms with E-state index in [9.17, 15) is 25.2 Å². The van der Waals surface area contributed by atoms with Crippen LogP contribution in [0.3, 0.4) is 0 Å². The molecule has 6 rings (SSSR count). The van der Waals surface area contributed by atoms with Gasteiger partial charge in [-0.1, -0.05) is 13.8 Å². The molecule has 4 aliphatic carbocycles. The van der Waals surface area contributed by atoms with E-state index in [2.05, 4.69) is 13.8 Å². The lowest BCUT2D eigenvalue weighted by atomic mass is 9.43. The number of hydrogen-bond donors (Lipinski definition) is 4. The van der Waals surface area contributed by atoms with E-state index in [0.29, 0.717) is 18.4 Å². The molecule has 5 fully saturated rings. The van der Waals surface area contributed by atoms with E-state index in [-0.39, 0.29) is 41.3 Å². The first kappa shape index (κ1) is 27.1. The van der Waals surface area contributed by atoms with E-state index >= 15 is 0 Å². The maximum absolute atomic E-state index is 12.4. The predicted octanol–water partition coefficient (Wildman–Crippen LogP) is 1.91. The first-order valence-electron chi connectivity index (χ1n) is 14.6. The molecule has 0 aromatic carbocycles. The topological polar surface area (TPSA) is 129 Å². The fourth-order valence-corrected chi connectivity index (χ4v) is 10.1. The number of ether oxygens (including phenoxy) is 2. The summed E-state index contributed by atoms with van der Waals surface area (Å²) in [5, 5.41) is 44.9. The maximum atomic E-state index is 12.4. The third-order valence-electron chi connectivity index (χ3n) is 12.3. The quantitative estimate of drug-likeness (QED) is 0.315. The highest BCUT2D eigenvalue weighted by Crippen LogP contribution is 2.70. The Hall–Kier alpha value is -1.07.